The molecule has 18 heavy (non-hydrogen) atoms. The van der Waals surface area contributed by atoms with Crippen molar-refractivity contribution in [3.05, 3.63) is 65.2 Å². The van der Waals surface area contributed by atoms with Crippen LogP contribution < -0.4 is 5.32 Å². The molecule has 2 aromatic rings. The molecule has 1 atom stereocenters. The summed E-state index contributed by atoms with van der Waals surface area (Å²) in [5.74, 6) is -0.391. The molecule has 90 valence electrons. The number of fused-ring (bicyclic) bond motifs is 1. The summed E-state index contributed by atoms with van der Waals surface area (Å²) in [6, 6.07) is 14.6. The first-order valence-electron chi connectivity index (χ1n) is 5.83. The number of rotatable bonds is 1. The van der Waals surface area contributed by atoms with Crippen molar-refractivity contribution in [1.82, 2.24) is 0 Å². The molecule has 1 aliphatic heterocycles. The Morgan fingerprint density at radius 2 is 1.61 bits per heavy atom. The van der Waals surface area contributed by atoms with E-state index in [-0.39, 0.29) is 0 Å². The van der Waals surface area contributed by atoms with Crippen LogP contribution in [-0.2, 0) is 10.4 Å². The molecule has 0 fully saturated rings. The Kier molecular flexibility index (Phi) is 2.25. The summed E-state index contributed by atoms with van der Waals surface area (Å²) in [4.78, 5) is 12.1. The lowest BCUT2D eigenvalue weighted by Crippen LogP contribution is -2.36. The fraction of sp³-hybridized carbons (Fsp3) is 0.133. The van der Waals surface area contributed by atoms with Crippen LogP contribution in [0.3, 0.4) is 0 Å². The molecule has 0 bridgehead atoms. The van der Waals surface area contributed by atoms with Crippen LogP contribution in [0, 0.1) is 6.92 Å². The van der Waals surface area contributed by atoms with Crippen molar-refractivity contribution >= 4 is 11.6 Å². The molecular formula is C15H13NO2. The number of benzene rings is 2. The highest BCUT2D eigenvalue weighted by Gasteiger charge is 2.47. The van der Waals surface area contributed by atoms with Crippen LogP contribution in [0.5, 0.6) is 0 Å². The SMILES string of the molecule is Cc1ccccc1C1(O)C(=O)Nc2ccccc21. The Bertz CT molecular complexity index is 636. The van der Waals surface area contributed by atoms with Gasteiger partial charge in [0.25, 0.3) is 5.91 Å². The smallest absolute Gasteiger partial charge is 0.265 e. The van der Waals surface area contributed by atoms with Crippen molar-refractivity contribution in [1.29, 1.82) is 0 Å². The Morgan fingerprint density at radius 1 is 1.00 bits per heavy atom. The van der Waals surface area contributed by atoms with E-state index in [2.05, 4.69) is 5.32 Å². The van der Waals surface area contributed by atoms with Crippen molar-refractivity contribution in [2.24, 2.45) is 0 Å². The van der Waals surface area contributed by atoms with Crippen LogP contribution in [0.25, 0.3) is 0 Å². The van der Waals surface area contributed by atoms with Gasteiger partial charge >= 0.3 is 0 Å². The number of aryl methyl sites for hydroxylation is 1. The number of anilines is 1. The maximum absolute atomic E-state index is 12.1. The van der Waals surface area contributed by atoms with Crippen LogP contribution in [0.4, 0.5) is 5.69 Å². The lowest BCUT2D eigenvalue weighted by atomic mass is 9.85. The molecule has 3 heteroatoms. The number of aliphatic hydroxyl groups is 1. The normalized spacial score (nSPS) is 21.6. The lowest BCUT2D eigenvalue weighted by molar-refractivity contribution is -0.129. The number of para-hydroxylation sites is 1. The first-order valence-corrected chi connectivity index (χ1v) is 5.83. The van der Waals surface area contributed by atoms with Gasteiger partial charge in [-0.15, -0.1) is 0 Å². The third kappa shape index (κ3) is 1.31. The largest absolute Gasteiger partial charge is 0.372 e. The van der Waals surface area contributed by atoms with Crippen LogP contribution in [0.15, 0.2) is 48.5 Å². The highest BCUT2D eigenvalue weighted by Crippen LogP contribution is 2.41. The zero-order valence-corrected chi connectivity index (χ0v) is 9.97. The number of hydrogen-bond acceptors (Lipinski definition) is 2. The van der Waals surface area contributed by atoms with E-state index in [0.717, 1.165) is 5.56 Å². The maximum atomic E-state index is 12.1. The van der Waals surface area contributed by atoms with Gasteiger partial charge in [-0.1, -0.05) is 42.5 Å². The third-order valence-electron chi connectivity index (χ3n) is 3.43. The van der Waals surface area contributed by atoms with Crippen LogP contribution in [0.2, 0.25) is 0 Å². The van der Waals surface area contributed by atoms with Crippen LogP contribution in [-0.4, -0.2) is 11.0 Å². The number of carbonyl (C=O) groups excluding carboxylic acids is 1. The van der Waals surface area contributed by atoms with E-state index in [0.29, 0.717) is 16.8 Å². The summed E-state index contributed by atoms with van der Waals surface area (Å²) in [5, 5.41) is 13.6. The van der Waals surface area contributed by atoms with Gasteiger partial charge in [0.05, 0.1) is 0 Å². The van der Waals surface area contributed by atoms with E-state index in [1.807, 2.05) is 37.3 Å². The fourth-order valence-electron chi connectivity index (χ4n) is 2.49. The highest BCUT2D eigenvalue weighted by atomic mass is 16.3. The summed E-state index contributed by atoms with van der Waals surface area (Å²) < 4.78 is 0. The van der Waals surface area contributed by atoms with Gasteiger partial charge in [0, 0.05) is 16.8 Å². The standard InChI is InChI=1S/C15H13NO2/c1-10-6-2-3-7-11(10)15(18)12-8-4-5-9-13(12)16-14(15)17/h2-9,18H,1H3,(H,16,17). The van der Waals surface area contributed by atoms with E-state index in [9.17, 15) is 9.90 Å². The van der Waals surface area contributed by atoms with Crippen LogP contribution in [0.1, 0.15) is 16.7 Å². The second-order valence-electron chi connectivity index (χ2n) is 4.53. The Balaban J connectivity index is 2.27. The molecule has 2 N–H and O–H groups in total. The van der Waals surface area contributed by atoms with Gasteiger partial charge in [-0.05, 0) is 18.6 Å². The van der Waals surface area contributed by atoms with Gasteiger partial charge < -0.3 is 10.4 Å². The van der Waals surface area contributed by atoms with Gasteiger partial charge in [0.15, 0.2) is 5.60 Å². The molecule has 0 saturated carbocycles. The molecular weight excluding hydrogens is 226 g/mol. The van der Waals surface area contributed by atoms with Gasteiger partial charge in [0.1, 0.15) is 0 Å². The molecule has 1 amide bonds. The molecule has 3 rings (SSSR count). The maximum Gasteiger partial charge on any atom is 0.265 e. The van der Waals surface area contributed by atoms with Crippen molar-refractivity contribution in [2.45, 2.75) is 12.5 Å². The monoisotopic (exact) mass is 239 g/mol. The van der Waals surface area contributed by atoms with E-state index < -0.39 is 11.5 Å². The summed E-state index contributed by atoms with van der Waals surface area (Å²) in [7, 11) is 0. The number of amides is 1. The number of carbonyl (C=O) groups is 1. The minimum absolute atomic E-state index is 0.391. The molecule has 0 saturated heterocycles. The van der Waals surface area contributed by atoms with Gasteiger partial charge in [-0.3, -0.25) is 4.79 Å². The quantitative estimate of drug-likeness (QED) is 0.801. The zero-order valence-electron chi connectivity index (χ0n) is 9.97. The second-order valence-corrected chi connectivity index (χ2v) is 4.53. The number of nitrogens with one attached hydrogen (secondary N) is 1. The summed E-state index contributed by atoms with van der Waals surface area (Å²) in [6.45, 7) is 1.89. The highest BCUT2D eigenvalue weighted by molar-refractivity contribution is 6.07. The van der Waals surface area contributed by atoms with Gasteiger partial charge in [-0.2, -0.15) is 0 Å². The first kappa shape index (κ1) is 11.0. The van der Waals surface area contributed by atoms with Gasteiger partial charge in [0.2, 0.25) is 0 Å². The Labute approximate surface area is 105 Å². The number of hydrogen-bond donors (Lipinski definition) is 2. The molecule has 0 spiro atoms. The molecule has 0 aromatic heterocycles. The third-order valence-corrected chi connectivity index (χ3v) is 3.43. The minimum Gasteiger partial charge on any atom is -0.372 e. The summed E-state index contributed by atoms with van der Waals surface area (Å²) in [6.07, 6.45) is 0. The minimum atomic E-state index is -1.58. The Morgan fingerprint density at radius 3 is 2.33 bits per heavy atom. The average Bonchev–Trinajstić information content (AvgIpc) is 2.63. The van der Waals surface area contributed by atoms with E-state index in [4.69, 9.17) is 0 Å². The molecule has 1 heterocycles. The van der Waals surface area contributed by atoms with Crippen molar-refractivity contribution in [2.75, 3.05) is 5.32 Å². The predicted octanol–water partition coefficient (Wildman–Crippen LogP) is 2.18. The van der Waals surface area contributed by atoms with E-state index in [1.165, 1.54) is 0 Å². The molecule has 0 radical (unpaired) electrons. The average molecular weight is 239 g/mol. The summed E-state index contributed by atoms with van der Waals surface area (Å²) >= 11 is 0. The van der Waals surface area contributed by atoms with Crippen molar-refractivity contribution < 1.29 is 9.90 Å². The lowest BCUT2D eigenvalue weighted by Gasteiger charge is -2.23. The van der Waals surface area contributed by atoms with E-state index in [1.54, 1.807) is 18.2 Å². The fourth-order valence-corrected chi connectivity index (χ4v) is 2.49. The van der Waals surface area contributed by atoms with Crippen LogP contribution >= 0.6 is 0 Å². The molecule has 1 unspecified atom stereocenters. The molecule has 0 aliphatic carbocycles. The summed E-state index contributed by atoms with van der Waals surface area (Å²) in [5.41, 5.74) is 1.24. The van der Waals surface area contributed by atoms with Gasteiger partial charge in [-0.25, -0.2) is 0 Å². The zero-order chi connectivity index (χ0) is 12.8. The van der Waals surface area contributed by atoms with Crippen molar-refractivity contribution in [3.63, 3.8) is 0 Å². The predicted molar refractivity (Wildman–Crippen MR) is 69.2 cm³/mol. The van der Waals surface area contributed by atoms with E-state index >= 15 is 0 Å². The topological polar surface area (TPSA) is 49.3 Å². The first-order chi connectivity index (χ1) is 8.64. The second kappa shape index (κ2) is 3.68. The molecule has 1 aliphatic rings. The Hall–Kier alpha value is -2.13. The van der Waals surface area contributed by atoms with Crippen molar-refractivity contribution in [3.8, 4) is 0 Å². The molecule has 3 nitrogen and oxygen atoms in total. The molecule has 2 aromatic carbocycles.